The quantitative estimate of drug-likeness (QED) is 0.0987. The van der Waals surface area contributed by atoms with E-state index < -0.39 is 0 Å². The average Bonchev–Trinajstić information content (AvgIpc) is 2.67. The van der Waals surface area contributed by atoms with Crippen LogP contribution in [0.25, 0.3) is 21.8 Å². The van der Waals surface area contributed by atoms with Crippen LogP contribution < -0.4 is 11.5 Å². The number of pyridine rings is 2. The second kappa shape index (κ2) is 16.6. The van der Waals surface area contributed by atoms with Crippen LogP contribution in [-0.2, 0) is 20.1 Å². The van der Waals surface area contributed by atoms with Gasteiger partial charge >= 0.3 is 0 Å². The van der Waals surface area contributed by atoms with E-state index >= 15 is 0 Å². The molecule has 0 amide bonds. The van der Waals surface area contributed by atoms with Crippen LogP contribution in [0.5, 0.6) is 0 Å². The molecule has 3 aromatic rings. The maximum Gasteiger partial charge on any atom is 0.0986 e. The molecule has 30 heavy (non-hydrogen) atoms. The SMILES string of the molecule is C1=CCC/C=C\CC1.CCC.Nc1c(N)c2cccnc2c2ncccc12.[CH3-].[CH3-].[Ir]. The number of nitrogens with zero attached hydrogens (tertiary/aromatic N) is 2. The Balaban J connectivity index is 0. The Morgan fingerprint density at radius 1 is 0.700 bits per heavy atom. The molecule has 2 heterocycles. The standard InChI is InChI=1S/C12H10N4.C8H12.C3H8.2CH3.Ir/c13-9-7-3-1-5-15-11(7)12-8(10(9)14)4-2-6-16-12;1-2-4-6-8-7-5-3-1;1-3-2;;;/h1-6H,13-14H2;1-2,7-8H,3-6H2;3H2,1-2H3;2*1H3;/q;;;2*-1;/b;2-1-,8-7?;;;;. The van der Waals surface area contributed by atoms with Crippen LogP contribution in [0.1, 0.15) is 46.0 Å². The van der Waals surface area contributed by atoms with E-state index in [9.17, 15) is 0 Å². The third-order valence-corrected chi connectivity index (χ3v) is 4.04. The summed E-state index contributed by atoms with van der Waals surface area (Å²) in [5.41, 5.74) is 14.7. The van der Waals surface area contributed by atoms with Gasteiger partial charge in [-0.2, -0.15) is 0 Å². The maximum atomic E-state index is 5.99. The average molecular weight is 585 g/mol. The molecule has 0 aliphatic heterocycles. The molecule has 4 nitrogen and oxygen atoms in total. The van der Waals surface area contributed by atoms with Crippen LogP contribution in [0.4, 0.5) is 11.4 Å². The second-order valence-corrected chi connectivity index (χ2v) is 6.43. The summed E-state index contributed by atoms with van der Waals surface area (Å²) < 4.78 is 0. The molecule has 0 saturated carbocycles. The molecule has 0 fully saturated rings. The van der Waals surface area contributed by atoms with Crippen LogP contribution in [0, 0.1) is 14.9 Å². The van der Waals surface area contributed by atoms with Gasteiger partial charge < -0.3 is 26.3 Å². The van der Waals surface area contributed by atoms with Gasteiger partial charge in [-0.3, -0.25) is 9.97 Å². The zero-order chi connectivity index (χ0) is 19.5. The van der Waals surface area contributed by atoms with Gasteiger partial charge in [0.25, 0.3) is 0 Å². The van der Waals surface area contributed by atoms with E-state index in [1.807, 2.05) is 24.3 Å². The number of hydrogen-bond acceptors (Lipinski definition) is 4. The van der Waals surface area contributed by atoms with Gasteiger partial charge in [-0.25, -0.2) is 0 Å². The van der Waals surface area contributed by atoms with Crippen LogP contribution in [0.15, 0.2) is 61.0 Å². The summed E-state index contributed by atoms with van der Waals surface area (Å²) in [6.07, 6.45) is 18.7. The van der Waals surface area contributed by atoms with E-state index in [-0.39, 0.29) is 35.0 Å². The van der Waals surface area contributed by atoms with E-state index in [1.165, 1.54) is 32.1 Å². The fourth-order valence-electron chi connectivity index (χ4n) is 2.77. The van der Waals surface area contributed by atoms with Gasteiger partial charge in [0.2, 0.25) is 0 Å². The summed E-state index contributed by atoms with van der Waals surface area (Å²) in [4.78, 5) is 8.63. The van der Waals surface area contributed by atoms with Crippen molar-refractivity contribution in [3.63, 3.8) is 0 Å². The number of nitrogen functional groups attached to an aromatic ring is 2. The minimum atomic E-state index is 0. The number of aromatic nitrogens is 2. The van der Waals surface area contributed by atoms with E-state index in [0.717, 1.165) is 21.8 Å². The molecule has 5 heteroatoms. The van der Waals surface area contributed by atoms with Crippen LogP contribution in [0.2, 0.25) is 0 Å². The number of allylic oxidation sites excluding steroid dienone is 4. The first-order valence-electron chi connectivity index (χ1n) is 9.67. The van der Waals surface area contributed by atoms with Gasteiger partial charge in [0.05, 0.1) is 22.4 Å². The topological polar surface area (TPSA) is 77.8 Å². The Morgan fingerprint density at radius 3 is 1.30 bits per heavy atom. The van der Waals surface area contributed by atoms with Gasteiger partial charge in [0.1, 0.15) is 0 Å². The molecule has 0 spiro atoms. The van der Waals surface area contributed by atoms with Crippen molar-refractivity contribution in [1.82, 2.24) is 9.97 Å². The largest absolute Gasteiger partial charge is 0.396 e. The van der Waals surface area contributed by atoms with Crippen molar-refractivity contribution in [3.8, 4) is 0 Å². The molecule has 0 saturated heterocycles. The minimum absolute atomic E-state index is 0. The molecule has 2 aromatic heterocycles. The zero-order valence-electron chi connectivity index (χ0n) is 18.7. The summed E-state index contributed by atoms with van der Waals surface area (Å²) in [7, 11) is 0. The Labute approximate surface area is 196 Å². The normalized spacial score (nSPS) is 12.9. The summed E-state index contributed by atoms with van der Waals surface area (Å²) in [6, 6.07) is 7.49. The van der Waals surface area contributed by atoms with Crippen molar-refractivity contribution in [3.05, 3.63) is 75.8 Å². The molecule has 1 aliphatic rings. The third-order valence-electron chi connectivity index (χ3n) is 4.04. The molecule has 4 rings (SSSR count). The van der Waals surface area contributed by atoms with Gasteiger partial charge in [-0.1, -0.05) is 44.6 Å². The van der Waals surface area contributed by atoms with Crippen molar-refractivity contribution < 1.29 is 20.1 Å². The fourth-order valence-corrected chi connectivity index (χ4v) is 2.77. The van der Waals surface area contributed by atoms with Crippen LogP contribution in [-0.4, -0.2) is 9.97 Å². The van der Waals surface area contributed by atoms with E-state index in [0.29, 0.717) is 11.4 Å². The van der Waals surface area contributed by atoms with Gasteiger partial charge in [0.15, 0.2) is 0 Å². The molecule has 0 atom stereocenters. The van der Waals surface area contributed by atoms with Gasteiger partial charge in [-0.05, 0) is 49.9 Å². The van der Waals surface area contributed by atoms with Crippen molar-refractivity contribution in [2.75, 3.05) is 11.5 Å². The molecule has 1 aliphatic carbocycles. The number of benzene rings is 1. The molecule has 4 N–H and O–H groups in total. The molecule has 167 valence electrons. The monoisotopic (exact) mass is 585 g/mol. The zero-order valence-corrected chi connectivity index (χ0v) is 21.1. The predicted molar refractivity (Wildman–Crippen MR) is 131 cm³/mol. The fraction of sp³-hybridized carbons (Fsp3) is 0.280. The Morgan fingerprint density at radius 2 is 1.00 bits per heavy atom. The molecule has 1 aromatic carbocycles. The summed E-state index contributed by atoms with van der Waals surface area (Å²) in [5, 5.41) is 1.71. The van der Waals surface area contributed by atoms with Gasteiger partial charge in [0, 0.05) is 43.3 Å². The van der Waals surface area contributed by atoms with E-state index in [4.69, 9.17) is 11.5 Å². The third kappa shape index (κ3) is 8.25. The van der Waals surface area contributed by atoms with Crippen molar-refractivity contribution in [2.24, 2.45) is 0 Å². The Hall–Kier alpha value is -2.23. The molecule has 1 radical (unpaired) electrons. The first-order valence-corrected chi connectivity index (χ1v) is 9.67. The van der Waals surface area contributed by atoms with E-state index in [1.54, 1.807) is 12.4 Å². The van der Waals surface area contributed by atoms with Crippen LogP contribution in [0.3, 0.4) is 0 Å². The maximum absolute atomic E-state index is 5.99. The van der Waals surface area contributed by atoms with Crippen molar-refractivity contribution >= 4 is 33.2 Å². The summed E-state index contributed by atoms with van der Waals surface area (Å²) >= 11 is 0. The Bertz CT molecular complexity index is 833. The number of nitrogens with two attached hydrogens (primary N) is 2. The first kappa shape index (κ1) is 30.0. The predicted octanol–water partition coefficient (Wildman–Crippen LogP) is 6.93. The van der Waals surface area contributed by atoms with Crippen LogP contribution >= 0.6 is 0 Å². The van der Waals surface area contributed by atoms with Crippen molar-refractivity contribution in [1.29, 1.82) is 0 Å². The van der Waals surface area contributed by atoms with E-state index in [2.05, 4.69) is 48.1 Å². The number of rotatable bonds is 0. The smallest absolute Gasteiger partial charge is 0.0986 e. The molecule has 0 unspecified atom stereocenters. The Kier molecular flexibility index (Phi) is 16.5. The summed E-state index contributed by atoms with van der Waals surface area (Å²) in [6.45, 7) is 4.25. The van der Waals surface area contributed by atoms with Crippen molar-refractivity contribution in [2.45, 2.75) is 46.0 Å². The number of hydrogen-bond donors (Lipinski definition) is 2. The second-order valence-electron chi connectivity index (χ2n) is 6.43. The molecular formula is C25H36IrN4-2. The minimum Gasteiger partial charge on any atom is -0.396 e. The molecule has 0 bridgehead atoms. The molecular weight excluding hydrogens is 549 g/mol. The number of anilines is 2. The summed E-state index contributed by atoms with van der Waals surface area (Å²) in [5.74, 6) is 0. The number of fused-ring (bicyclic) bond motifs is 3. The first-order chi connectivity index (χ1) is 13.2. The van der Waals surface area contributed by atoms with Gasteiger partial charge in [-0.15, -0.1) is 0 Å².